The van der Waals surface area contributed by atoms with E-state index in [0.717, 1.165) is 5.56 Å². The third kappa shape index (κ3) is 4.52. The Bertz CT molecular complexity index is 811. The van der Waals surface area contributed by atoms with Crippen LogP contribution >= 0.6 is 11.6 Å². The number of amides is 1. The van der Waals surface area contributed by atoms with Crippen molar-refractivity contribution < 1.29 is 18.5 Å². The van der Waals surface area contributed by atoms with Gasteiger partial charge in [-0.3, -0.25) is 9.00 Å². The number of anilines is 1. The summed E-state index contributed by atoms with van der Waals surface area (Å²) < 4.78 is 23.4. The molecule has 0 aliphatic carbocycles. The van der Waals surface area contributed by atoms with Crippen LogP contribution in [0.1, 0.15) is 12.5 Å². The quantitative estimate of drug-likeness (QED) is 0.864. The molecule has 25 heavy (non-hydrogen) atoms. The van der Waals surface area contributed by atoms with Gasteiger partial charge in [-0.25, -0.2) is 0 Å². The molecule has 0 spiro atoms. The molecular formula is C18H18ClNO4S. The van der Waals surface area contributed by atoms with Crippen molar-refractivity contribution in [1.29, 1.82) is 0 Å². The number of ether oxygens (including phenoxy) is 2. The summed E-state index contributed by atoms with van der Waals surface area (Å²) in [5.41, 5.74) is 1.42. The zero-order valence-electron chi connectivity index (χ0n) is 13.7. The largest absolute Gasteiger partial charge is 0.486 e. The fraction of sp³-hybridized carbons (Fsp3) is 0.278. The lowest BCUT2D eigenvalue weighted by Crippen LogP contribution is -2.29. The Hall–Kier alpha value is -2.05. The minimum absolute atomic E-state index is 0.274. The molecule has 0 saturated carbocycles. The van der Waals surface area contributed by atoms with E-state index in [0.29, 0.717) is 35.4 Å². The molecule has 132 valence electrons. The molecule has 5 nitrogen and oxygen atoms in total. The highest BCUT2D eigenvalue weighted by Crippen LogP contribution is 2.32. The summed E-state index contributed by atoms with van der Waals surface area (Å²) in [6.07, 6.45) is 0. The second-order valence-corrected chi connectivity index (χ2v) is 7.84. The average molecular weight is 380 g/mol. The average Bonchev–Trinajstić information content (AvgIpc) is 2.61. The maximum absolute atomic E-state index is 12.5. The monoisotopic (exact) mass is 379 g/mol. The normalized spacial score (nSPS) is 15.3. The van der Waals surface area contributed by atoms with Crippen LogP contribution in [0.3, 0.4) is 0 Å². The van der Waals surface area contributed by atoms with Gasteiger partial charge in [0.05, 0.1) is 0 Å². The van der Waals surface area contributed by atoms with Crippen LogP contribution in [0, 0.1) is 0 Å². The van der Waals surface area contributed by atoms with E-state index in [1.165, 1.54) is 0 Å². The third-order valence-electron chi connectivity index (χ3n) is 3.77. The Labute approximate surface area is 153 Å². The fourth-order valence-corrected chi connectivity index (χ4v) is 3.67. The van der Waals surface area contributed by atoms with Crippen LogP contribution in [0.4, 0.5) is 5.69 Å². The summed E-state index contributed by atoms with van der Waals surface area (Å²) in [4.78, 5) is 12.4. The first kappa shape index (κ1) is 17.8. The Morgan fingerprint density at radius 3 is 2.72 bits per heavy atom. The van der Waals surface area contributed by atoms with E-state index in [2.05, 4.69) is 5.32 Å². The van der Waals surface area contributed by atoms with E-state index in [4.69, 9.17) is 21.1 Å². The lowest BCUT2D eigenvalue weighted by molar-refractivity contribution is -0.115. The van der Waals surface area contributed by atoms with Crippen LogP contribution in [-0.4, -0.2) is 28.6 Å². The molecular weight excluding hydrogens is 362 g/mol. The first-order valence-electron chi connectivity index (χ1n) is 7.85. The van der Waals surface area contributed by atoms with E-state index in [-0.39, 0.29) is 11.7 Å². The van der Waals surface area contributed by atoms with E-state index in [9.17, 15) is 9.00 Å². The maximum atomic E-state index is 12.5. The molecule has 0 unspecified atom stereocenters. The van der Waals surface area contributed by atoms with Crippen molar-refractivity contribution in [2.24, 2.45) is 0 Å². The van der Waals surface area contributed by atoms with Crippen molar-refractivity contribution >= 4 is 34.0 Å². The zero-order chi connectivity index (χ0) is 17.8. The minimum atomic E-state index is -1.36. The lowest BCUT2D eigenvalue weighted by Gasteiger charge is -2.19. The maximum Gasteiger partial charge on any atom is 0.239 e. The Morgan fingerprint density at radius 2 is 1.96 bits per heavy atom. The van der Waals surface area contributed by atoms with Gasteiger partial charge >= 0.3 is 0 Å². The summed E-state index contributed by atoms with van der Waals surface area (Å²) in [6.45, 7) is 2.64. The van der Waals surface area contributed by atoms with E-state index >= 15 is 0 Å². The van der Waals surface area contributed by atoms with Gasteiger partial charge in [-0.1, -0.05) is 23.7 Å². The van der Waals surface area contributed by atoms with Crippen LogP contribution < -0.4 is 14.8 Å². The highest BCUT2D eigenvalue weighted by molar-refractivity contribution is 7.85. The predicted octanol–water partition coefficient (Wildman–Crippen LogP) is 3.39. The highest BCUT2D eigenvalue weighted by Gasteiger charge is 2.21. The lowest BCUT2D eigenvalue weighted by atomic mass is 10.2. The topological polar surface area (TPSA) is 64.6 Å². The fourth-order valence-electron chi connectivity index (χ4n) is 2.40. The summed E-state index contributed by atoms with van der Waals surface area (Å²) in [7, 11) is -1.36. The molecule has 0 aromatic heterocycles. The summed E-state index contributed by atoms with van der Waals surface area (Å²) in [5, 5.41) is 2.70. The molecule has 7 heteroatoms. The molecule has 1 aliphatic rings. The van der Waals surface area contributed by atoms with E-state index in [1.54, 1.807) is 43.3 Å². The van der Waals surface area contributed by atoms with Gasteiger partial charge in [0.15, 0.2) is 11.5 Å². The molecule has 2 atom stereocenters. The minimum Gasteiger partial charge on any atom is -0.486 e. The summed E-state index contributed by atoms with van der Waals surface area (Å²) in [5.74, 6) is 1.21. The number of benzene rings is 2. The standard InChI is InChI=1S/C18H18ClNO4S/c1-12(25(22)11-13-3-2-4-14(19)9-13)18(21)20-15-5-6-16-17(10-15)24-8-7-23-16/h2-6,9-10,12H,7-8,11H2,1H3,(H,20,21)/t12-,25+/m1/s1. The number of halogens is 1. The van der Waals surface area contributed by atoms with Gasteiger partial charge in [-0.15, -0.1) is 0 Å². The van der Waals surface area contributed by atoms with Crippen molar-refractivity contribution in [3.05, 3.63) is 53.1 Å². The molecule has 1 amide bonds. The zero-order valence-corrected chi connectivity index (χ0v) is 15.2. The molecule has 1 heterocycles. The Morgan fingerprint density at radius 1 is 1.20 bits per heavy atom. The number of hydrogen-bond acceptors (Lipinski definition) is 4. The van der Waals surface area contributed by atoms with Crippen LogP contribution in [0.2, 0.25) is 5.02 Å². The van der Waals surface area contributed by atoms with Gasteiger partial charge in [-0.2, -0.15) is 0 Å². The van der Waals surface area contributed by atoms with Crippen LogP contribution in [0.15, 0.2) is 42.5 Å². The SMILES string of the molecule is C[C@H](C(=O)Nc1ccc2c(c1)OCCO2)[S@@](=O)Cc1cccc(Cl)c1. The number of nitrogens with one attached hydrogen (secondary N) is 1. The van der Waals surface area contributed by atoms with Gasteiger partial charge in [0.1, 0.15) is 18.5 Å². The number of carbonyl (C=O) groups excluding carboxylic acids is 1. The van der Waals surface area contributed by atoms with Gasteiger partial charge in [0, 0.05) is 33.3 Å². The van der Waals surface area contributed by atoms with Gasteiger partial charge in [0.25, 0.3) is 0 Å². The molecule has 0 fully saturated rings. The first-order valence-corrected chi connectivity index (χ1v) is 9.61. The third-order valence-corrected chi connectivity index (χ3v) is 5.63. The van der Waals surface area contributed by atoms with Crippen LogP contribution in [-0.2, 0) is 21.3 Å². The van der Waals surface area contributed by atoms with Crippen molar-refractivity contribution in [1.82, 2.24) is 0 Å². The molecule has 0 bridgehead atoms. The van der Waals surface area contributed by atoms with Crippen LogP contribution in [0.25, 0.3) is 0 Å². The molecule has 2 aromatic carbocycles. The Balaban J connectivity index is 1.63. The molecule has 0 saturated heterocycles. The highest BCUT2D eigenvalue weighted by atomic mass is 35.5. The molecule has 1 aliphatic heterocycles. The Kier molecular flexibility index (Phi) is 5.60. The number of hydrogen-bond donors (Lipinski definition) is 1. The van der Waals surface area contributed by atoms with Crippen molar-refractivity contribution in [2.45, 2.75) is 17.9 Å². The van der Waals surface area contributed by atoms with Crippen molar-refractivity contribution in [2.75, 3.05) is 18.5 Å². The second-order valence-electron chi connectivity index (χ2n) is 5.64. The summed E-state index contributed by atoms with van der Waals surface area (Å²) >= 11 is 5.94. The first-order chi connectivity index (χ1) is 12.0. The van der Waals surface area contributed by atoms with Crippen molar-refractivity contribution in [3.63, 3.8) is 0 Å². The summed E-state index contributed by atoms with van der Waals surface area (Å²) in [6, 6.07) is 12.3. The van der Waals surface area contributed by atoms with Gasteiger partial charge in [-0.05, 0) is 36.8 Å². The van der Waals surface area contributed by atoms with Gasteiger partial charge in [0.2, 0.25) is 5.91 Å². The van der Waals surface area contributed by atoms with E-state index < -0.39 is 16.0 Å². The number of carbonyl (C=O) groups is 1. The number of rotatable bonds is 5. The molecule has 1 N–H and O–H groups in total. The molecule has 2 aromatic rings. The second kappa shape index (κ2) is 7.89. The molecule has 3 rings (SSSR count). The smallest absolute Gasteiger partial charge is 0.239 e. The predicted molar refractivity (Wildman–Crippen MR) is 98.8 cm³/mol. The number of fused-ring (bicyclic) bond motifs is 1. The van der Waals surface area contributed by atoms with Crippen LogP contribution in [0.5, 0.6) is 11.5 Å². The van der Waals surface area contributed by atoms with Crippen molar-refractivity contribution in [3.8, 4) is 11.5 Å². The molecule has 0 radical (unpaired) electrons. The van der Waals surface area contributed by atoms with Gasteiger partial charge < -0.3 is 14.8 Å². The van der Waals surface area contributed by atoms with E-state index in [1.807, 2.05) is 6.07 Å².